The number of hydroxylamine groups is 1. The summed E-state index contributed by atoms with van der Waals surface area (Å²) >= 11 is 0. The first-order valence-electron chi connectivity index (χ1n) is 5.49. The van der Waals surface area contributed by atoms with Gasteiger partial charge >= 0.3 is 11.8 Å². The average molecular weight is 247 g/mol. The Morgan fingerprint density at radius 1 is 1.22 bits per heavy atom. The summed E-state index contributed by atoms with van der Waals surface area (Å²) < 4.78 is 0. The van der Waals surface area contributed by atoms with Crippen molar-refractivity contribution in [1.29, 1.82) is 0 Å². The fourth-order valence-corrected chi connectivity index (χ4v) is 1.78. The van der Waals surface area contributed by atoms with Gasteiger partial charge in [0.05, 0.1) is 0 Å². The summed E-state index contributed by atoms with van der Waals surface area (Å²) in [6, 6.07) is 7.84. The molecule has 0 unspecified atom stereocenters. The van der Waals surface area contributed by atoms with Crippen LogP contribution in [-0.2, 0) is 16.0 Å². The number of hydrogen-bond acceptors (Lipinski definition) is 3. The molecule has 1 aromatic heterocycles. The highest BCUT2D eigenvalue weighted by Gasteiger charge is 2.11. The molecule has 0 bridgehead atoms. The van der Waals surface area contributed by atoms with Crippen molar-refractivity contribution >= 4 is 22.7 Å². The SMILES string of the molecule is O=C(NO)C(=O)NCCc1c[nH]c2ccccc12. The first kappa shape index (κ1) is 12.1. The minimum Gasteiger partial charge on any atom is -0.361 e. The van der Waals surface area contributed by atoms with E-state index in [0.29, 0.717) is 13.0 Å². The van der Waals surface area contributed by atoms with Crippen molar-refractivity contribution in [3.05, 3.63) is 36.0 Å². The molecule has 0 aliphatic rings. The highest BCUT2D eigenvalue weighted by atomic mass is 16.5. The predicted octanol–water partition coefficient (Wildman–Crippen LogP) is 0.332. The summed E-state index contributed by atoms with van der Waals surface area (Å²) in [5.41, 5.74) is 3.38. The summed E-state index contributed by atoms with van der Waals surface area (Å²) in [4.78, 5) is 24.9. The monoisotopic (exact) mass is 247 g/mol. The second-order valence-corrected chi connectivity index (χ2v) is 3.81. The van der Waals surface area contributed by atoms with Gasteiger partial charge in [-0.3, -0.25) is 14.8 Å². The van der Waals surface area contributed by atoms with Crippen LogP contribution in [0.25, 0.3) is 10.9 Å². The van der Waals surface area contributed by atoms with Gasteiger partial charge in [0, 0.05) is 23.6 Å². The molecule has 1 aromatic carbocycles. The Kier molecular flexibility index (Phi) is 3.59. The Bertz CT molecular complexity index is 577. The molecule has 6 heteroatoms. The molecule has 0 saturated heterocycles. The van der Waals surface area contributed by atoms with Crippen molar-refractivity contribution in [3.8, 4) is 0 Å². The molecule has 0 atom stereocenters. The van der Waals surface area contributed by atoms with E-state index in [2.05, 4.69) is 10.3 Å². The number of aromatic nitrogens is 1. The summed E-state index contributed by atoms with van der Waals surface area (Å²) in [5, 5.41) is 11.8. The third kappa shape index (κ3) is 2.49. The smallest absolute Gasteiger partial charge is 0.332 e. The molecule has 2 rings (SSSR count). The molecule has 0 saturated carbocycles. The maximum Gasteiger partial charge on any atom is 0.332 e. The molecule has 0 radical (unpaired) electrons. The third-order valence-corrected chi connectivity index (χ3v) is 2.66. The molecule has 18 heavy (non-hydrogen) atoms. The normalized spacial score (nSPS) is 10.3. The van der Waals surface area contributed by atoms with E-state index in [1.165, 1.54) is 5.48 Å². The number of nitrogens with one attached hydrogen (secondary N) is 3. The number of rotatable bonds is 3. The minimum absolute atomic E-state index is 0.327. The quantitative estimate of drug-likeness (QED) is 0.358. The lowest BCUT2D eigenvalue weighted by atomic mass is 10.1. The van der Waals surface area contributed by atoms with E-state index in [1.54, 1.807) is 0 Å². The lowest BCUT2D eigenvalue weighted by molar-refractivity contribution is -0.144. The largest absolute Gasteiger partial charge is 0.361 e. The van der Waals surface area contributed by atoms with Crippen LogP contribution in [0.1, 0.15) is 5.56 Å². The topological polar surface area (TPSA) is 94.2 Å². The molecular weight excluding hydrogens is 234 g/mol. The Labute approximate surface area is 103 Å². The van der Waals surface area contributed by atoms with Crippen LogP contribution in [-0.4, -0.2) is 28.6 Å². The third-order valence-electron chi connectivity index (χ3n) is 2.66. The van der Waals surface area contributed by atoms with Gasteiger partial charge in [-0.15, -0.1) is 0 Å². The van der Waals surface area contributed by atoms with Crippen molar-refractivity contribution in [2.75, 3.05) is 6.54 Å². The van der Waals surface area contributed by atoms with Gasteiger partial charge in [0.15, 0.2) is 0 Å². The number of fused-ring (bicyclic) bond motifs is 1. The van der Waals surface area contributed by atoms with Crippen LogP contribution in [0.3, 0.4) is 0 Å². The van der Waals surface area contributed by atoms with Crippen LogP contribution in [0.4, 0.5) is 0 Å². The van der Waals surface area contributed by atoms with Crippen molar-refractivity contribution in [1.82, 2.24) is 15.8 Å². The molecule has 2 aromatic rings. The maximum absolute atomic E-state index is 11.1. The highest BCUT2D eigenvalue weighted by Crippen LogP contribution is 2.17. The molecule has 0 spiro atoms. The standard InChI is InChI=1S/C12H13N3O3/c16-11(12(17)15-18)13-6-5-8-7-14-10-4-2-1-3-9(8)10/h1-4,7,14,18H,5-6H2,(H,13,16)(H,15,17). The fraction of sp³-hybridized carbons (Fsp3) is 0.167. The first-order valence-corrected chi connectivity index (χ1v) is 5.49. The average Bonchev–Trinajstić information content (AvgIpc) is 2.81. The number of amides is 2. The van der Waals surface area contributed by atoms with E-state index in [4.69, 9.17) is 5.21 Å². The summed E-state index contributed by atoms with van der Waals surface area (Å²) in [5.74, 6) is -1.91. The number of carbonyl (C=O) groups excluding carboxylic acids is 2. The molecule has 0 aliphatic heterocycles. The predicted molar refractivity (Wildman–Crippen MR) is 64.9 cm³/mol. The first-order chi connectivity index (χ1) is 8.72. The van der Waals surface area contributed by atoms with E-state index < -0.39 is 11.8 Å². The molecular formula is C12H13N3O3. The van der Waals surface area contributed by atoms with Crippen LogP contribution in [0.15, 0.2) is 30.5 Å². The summed E-state index contributed by atoms with van der Waals surface area (Å²) in [6.07, 6.45) is 2.48. The maximum atomic E-state index is 11.1. The van der Waals surface area contributed by atoms with E-state index in [-0.39, 0.29) is 0 Å². The number of carbonyl (C=O) groups is 2. The zero-order valence-electron chi connectivity index (χ0n) is 9.56. The number of hydrogen-bond donors (Lipinski definition) is 4. The van der Waals surface area contributed by atoms with Crippen LogP contribution in [0, 0.1) is 0 Å². The van der Waals surface area contributed by atoms with Crippen LogP contribution in [0.2, 0.25) is 0 Å². The van der Waals surface area contributed by atoms with Gasteiger partial charge in [0.1, 0.15) is 0 Å². The van der Waals surface area contributed by atoms with Gasteiger partial charge in [-0.1, -0.05) is 18.2 Å². The Balaban J connectivity index is 1.95. The van der Waals surface area contributed by atoms with Gasteiger partial charge in [-0.05, 0) is 18.1 Å². The zero-order valence-corrected chi connectivity index (χ0v) is 9.56. The summed E-state index contributed by atoms with van der Waals surface area (Å²) in [7, 11) is 0. The van der Waals surface area contributed by atoms with Crippen LogP contribution < -0.4 is 10.8 Å². The number of para-hydroxylation sites is 1. The molecule has 6 nitrogen and oxygen atoms in total. The lowest BCUT2D eigenvalue weighted by Gasteiger charge is -2.02. The molecule has 94 valence electrons. The van der Waals surface area contributed by atoms with Gasteiger partial charge in [0.2, 0.25) is 0 Å². The van der Waals surface area contributed by atoms with E-state index in [9.17, 15) is 9.59 Å². The van der Waals surface area contributed by atoms with Crippen molar-refractivity contribution in [2.45, 2.75) is 6.42 Å². The second kappa shape index (κ2) is 5.33. The number of benzene rings is 1. The number of H-pyrrole nitrogens is 1. The summed E-state index contributed by atoms with van der Waals surface area (Å²) in [6.45, 7) is 0.327. The van der Waals surface area contributed by atoms with Crippen molar-refractivity contribution in [2.24, 2.45) is 0 Å². The van der Waals surface area contributed by atoms with E-state index in [0.717, 1.165) is 16.5 Å². The van der Waals surface area contributed by atoms with Crippen LogP contribution in [0.5, 0.6) is 0 Å². The fourth-order valence-electron chi connectivity index (χ4n) is 1.78. The lowest BCUT2D eigenvalue weighted by Crippen LogP contribution is -2.39. The molecule has 0 aliphatic carbocycles. The minimum atomic E-state index is -1.06. The zero-order chi connectivity index (χ0) is 13.0. The molecule has 2 amide bonds. The van der Waals surface area contributed by atoms with E-state index >= 15 is 0 Å². The van der Waals surface area contributed by atoms with Crippen LogP contribution >= 0.6 is 0 Å². The molecule has 1 heterocycles. The Hall–Kier alpha value is -2.34. The van der Waals surface area contributed by atoms with Gasteiger partial charge in [0.25, 0.3) is 0 Å². The molecule has 4 N–H and O–H groups in total. The Morgan fingerprint density at radius 3 is 2.78 bits per heavy atom. The molecule has 0 fully saturated rings. The Morgan fingerprint density at radius 2 is 2.00 bits per heavy atom. The van der Waals surface area contributed by atoms with Gasteiger partial charge < -0.3 is 10.3 Å². The van der Waals surface area contributed by atoms with Crippen molar-refractivity contribution in [3.63, 3.8) is 0 Å². The number of aromatic amines is 1. The van der Waals surface area contributed by atoms with E-state index in [1.807, 2.05) is 30.5 Å². The van der Waals surface area contributed by atoms with Gasteiger partial charge in [-0.2, -0.15) is 0 Å². The highest BCUT2D eigenvalue weighted by molar-refractivity contribution is 6.34. The second-order valence-electron chi connectivity index (χ2n) is 3.81. The van der Waals surface area contributed by atoms with Gasteiger partial charge in [-0.25, -0.2) is 5.48 Å². The van der Waals surface area contributed by atoms with Crippen molar-refractivity contribution < 1.29 is 14.8 Å².